The van der Waals surface area contributed by atoms with Crippen LogP contribution in [0.1, 0.15) is 31.2 Å². The number of fused-ring (bicyclic) bond motifs is 1. The number of para-hydroxylation sites is 1. The quantitative estimate of drug-likeness (QED) is 0.894. The molecule has 3 rings (SSSR count). The smallest absolute Gasteiger partial charge is 0.248 e. The van der Waals surface area contributed by atoms with Crippen LogP contribution in [0.25, 0.3) is 10.9 Å². The highest BCUT2D eigenvalue weighted by atomic mass is 19.3. The Kier molecular flexibility index (Phi) is 3.09. The van der Waals surface area contributed by atoms with Crippen LogP contribution in [0.15, 0.2) is 30.5 Å². The lowest BCUT2D eigenvalue weighted by Gasteiger charge is -2.40. The van der Waals surface area contributed by atoms with Crippen LogP contribution in [0.5, 0.6) is 0 Å². The number of nitrogens with zero attached hydrogens (tertiary/aromatic N) is 1. The number of aryl methyl sites for hydroxylation is 1. The van der Waals surface area contributed by atoms with E-state index in [-0.39, 0.29) is 18.3 Å². The third-order valence-electron chi connectivity index (χ3n) is 4.80. The summed E-state index contributed by atoms with van der Waals surface area (Å²) in [6.07, 6.45) is 2.80. The summed E-state index contributed by atoms with van der Waals surface area (Å²) in [6.45, 7) is 0.424. The largest absolute Gasteiger partial charge is 0.350 e. The molecule has 1 aromatic heterocycles. The van der Waals surface area contributed by atoms with Gasteiger partial charge < -0.3 is 10.3 Å². The van der Waals surface area contributed by atoms with Gasteiger partial charge in [0.1, 0.15) is 0 Å². The second kappa shape index (κ2) is 4.55. The van der Waals surface area contributed by atoms with Gasteiger partial charge in [-0.15, -0.1) is 0 Å². The maximum Gasteiger partial charge on any atom is 0.248 e. The van der Waals surface area contributed by atoms with E-state index in [1.807, 2.05) is 19.3 Å². The molecule has 20 heavy (non-hydrogen) atoms. The van der Waals surface area contributed by atoms with Crippen molar-refractivity contribution in [1.82, 2.24) is 4.57 Å². The molecular weight excluding hydrogens is 258 g/mol. The van der Waals surface area contributed by atoms with Crippen LogP contribution >= 0.6 is 0 Å². The lowest BCUT2D eigenvalue weighted by Crippen LogP contribution is -2.42. The summed E-state index contributed by atoms with van der Waals surface area (Å²) in [5, 5.41) is 1.15. The zero-order chi connectivity index (χ0) is 14.4. The zero-order valence-electron chi connectivity index (χ0n) is 11.7. The Labute approximate surface area is 117 Å². The fourth-order valence-corrected chi connectivity index (χ4v) is 3.46. The van der Waals surface area contributed by atoms with Crippen molar-refractivity contribution in [1.29, 1.82) is 0 Å². The van der Waals surface area contributed by atoms with Crippen LogP contribution in [-0.2, 0) is 12.5 Å². The monoisotopic (exact) mass is 278 g/mol. The highest BCUT2D eigenvalue weighted by Gasteiger charge is 2.44. The summed E-state index contributed by atoms with van der Waals surface area (Å²) in [4.78, 5) is 0. The van der Waals surface area contributed by atoms with Crippen LogP contribution in [-0.4, -0.2) is 17.0 Å². The molecule has 108 valence electrons. The summed E-state index contributed by atoms with van der Waals surface area (Å²) in [6, 6.07) is 8.17. The minimum atomic E-state index is -2.53. The van der Waals surface area contributed by atoms with Crippen LogP contribution in [0, 0.1) is 0 Å². The predicted molar refractivity (Wildman–Crippen MR) is 77.1 cm³/mol. The number of aromatic nitrogens is 1. The first-order valence-corrected chi connectivity index (χ1v) is 7.10. The van der Waals surface area contributed by atoms with E-state index in [9.17, 15) is 8.78 Å². The Balaban J connectivity index is 2.10. The molecule has 4 heteroatoms. The van der Waals surface area contributed by atoms with Crippen molar-refractivity contribution in [2.45, 2.75) is 37.0 Å². The fourth-order valence-electron chi connectivity index (χ4n) is 3.46. The average Bonchev–Trinajstić information content (AvgIpc) is 2.82. The van der Waals surface area contributed by atoms with Gasteiger partial charge in [0.15, 0.2) is 0 Å². The van der Waals surface area contributed by atoms with Crippen LogP contribution < -0.4 is 5.73 Å². The molecule has 0 atom stereocenters. The van der Waals surface area contributed by atoms with Crippen molar-refractivity contribution in [3.8, 4) is 0 Å². The summed E-state index contributed by atoms with van der Waals surface area (Å²) in [7, 11) is 1.99. The van der Waals surface area contributed by atoms with Crippen molar-refractivity contribution in [3.63, 3.8) is 0 Å². The third kappa shape index (κ3) is 2.03. The topological polar surface area (TPSA) is 30.9 Å². The van der Waals surface area contributed by atoms with Gasteiger partial charge in [-0.3, -0.25) is 0 Å². The Morgan fingerprint density at radius 1 is 1.15 bits per heavy atom. The van der Waals surface area contributed by atoms with E-state index in [4.69, 9.17) is 5.73 Å². The molecule has 1 aromatic carbocycles. The molecule has 1 saturated carbocycles. The summed E-state index contributed by atoms with van der Waals surface area (Å²) in [5.74, 6) is -2.53. The van der Waals surface area contributed by atoms with E-state index in [2.05, 4.69) is 22.8 Å². The van der Waals surface area contributed by atoms with E-state index in [0.29, 0.717) is 19.4 Å². The first-order valence-electron chi connectivity index (χ1n) is 7.10. The molecule has 1 heterocycles. The minimum absolute atomic E-state index is 0.0645. The van der Waals surface area contributed by atoms with Gasteiger partial charge in [0, 0.05) is 38.0 Å². The second-order valence-electron chi connectivity index (χ2n) is 6.01. The molecule has 0 unspecified atom stereocenters. The second-order valence-corrected chi connectivity index (χ2v) is 6.01. The van der Waals surface area contributed by atoms with E-state index in [0.717, 1.165) is 16.5 Å². The lowest BCUT2D eigenvalue weighted by atomic mass is 9.68. The van der Waals surface area contributed by atoms with Gasteiger partial charge in [0.05, 0.1) is 5.52 Å². The number of benzene rings is 1. The van der Waals surface area contributed by atoms with Crippen molar-refractivity contribution in [2.24, 2.45) is 12.8 Å². The normalized spacial score (nSPS) is 21.2. The number of hydrogen-bond donors (Lipinski definition) is 1. The molecule has 0 bridgehead atoms. The molecule has 0 aliphatic heterocycles. The SMILES string of the molecule is Cn1ccc2cccc(C3(CN)CCC(F)(F)CC3)c21. The Morgan fingerprint density at radius 3 is 2.50 bits per heavy atom. The van der Waals surface area contributed by atoms with Crippen LogP contribution in [0.3, 0.4) is 0 Å². The van der Waals surface area contributed by atoms with E-state index >= 15 is 0 Å². The molecule has 1 fully saturated rings. The molecule has 0 radical (unpaired) electrons. The summed E-state index contributed by atoms with van der Waals surface area (Å²) in [5.41, 5.74) is 7.96. The predicted octanol–water partition coefficient (Wildman–Crippen LogP) is 3.58. The number of halogens is 2. The van der Waals surface area contributed by atoms with E-state index in [1.165, 1.54) is 0 Å². The molecule has 0 saturated heterocycles. The maximum atomic E-state index is 13.5. The Bertz CT molecular complexity index is 620. The molecule has 2 aromatic rings. The maximum absolute atomic E-state index is 13.5. The van der Waals surface area contributed by atoms with E-state index in [1.54, 1.807) is 0 Å². The van der Waals surface area contributed by atoms with Gasteiger partial charge in [0.25, 0.3) is 0 Å². The Morgan fingerprint density at radius 2 is 1.85 bits per heavy atom. The first-order chi connectivity index (χ1) is 9.47. The molecule has 2 N–H and O–H groups in total. The van der Waals surface area contributed by atoms with Gasteiger partial charge >= 0.3 is 0 Å². The average molecular weight is 278 g/mol. The summed E-state index contributed by atoms with van der Waals surface area (Å²) < 4.78 is 29.0. The molecule has 0 amide bonds. The van der Waals surface area contributed by atoms with E-state index < -0.39 is 5.92 Å². The molecule has 1 aliphatic carbocycles. The molecular formula is C16H20F2N2. The van der Waals surface area contributed by atoms with Crippen molar-refractivity contribution < 1.29 is 8.78 Å². The highest BCUT2D eigenvalue weighted by molar-refractivity contribution is 5.84. The van der Waals surface area contributed by atoms with Crippen molar-refractivity contribution >= 4 is 10.9 Å². The van der Waals surface area contributed by atoms with Gasteiger partial charge in [0.2, 0.25) is 5.92 Å². The number of nitrogens with two attached hydrogens (primary N) is 1. The molecule has 2 nitrogen and oxygen atoms in total. The standard InChI is InChI=1S/C16H20F2N2/c1-20-10-5-12-3-2-4-13(14(12)20)15(11-19)6-8-16(17,18)9-7-15/h2-5,10H,6-9,11,19H2,1H3. The summed E-state index contributed by atoms with van der Waals surface area (Å²) >= 11 is 0. The number of alkyl halides is 2. The van der Waals surface area contributed by atoms with Gasteiger partial charge in [-0.2, -0.15) is 0 Å². The minimum Gasteiger partial charge on any atom is -0.350 e. The zero-order valence-corrected chi connectivity index (χ0v) is 11.7. The van der Waals surface area contributed by atoms with Crippen LogP contribution in [0.4, 0.5) is 8.78 Å². The molecule has 1 aliphatic rings. The van der Waals surface area contributed by atoms with Crippen LogP contribution in [0.2, 0.25) is 0 Å². The van der Waals surface area contributed by atoms with Gasteiger partial charge in [-0.1, -0.05) is 18.2 Å². The molecule has 0 spiro atoms. The number of hydrogen-bond acceptors (Lipinski definition) is 1. The van der Waals surface area contributed by atoms with Gasteiger partial charge in [-0.25, -0.2) is 8.78 Å². The highest BCUT2D eigenvalue weighted by Crippen LogP contribution is 2.46. The van der Waals surface area contributed by atoms with Gasteiger partial charge in [-0.05, 0) is 29.9 Å². The lowest BCUT2D eigenvalue weighted by molar-refractivity contribution is -0.0507. The van der Waals surface area contributed by atoms with Crippen molar-refractivity contribution in [2.75, 3.05) is 6.54 Å². The van der Waals surface area contributed by atoms with Crippen molar-refractivity contribution in [3.05, 3.63) is 36.0 Å². The number of rotatable bonds is 2. The first kappa shape index (κ1) is 13.6. The fraction of sp³-hybridized carbons (Fsp3) is 0.500. The Hall–Kier alpha value is -1.42. The third-order valence-corrected chi connectivity index (χ3v) is 4.80.